The monoisotopic (exact) mass is 1360 g/mol. The number of unbranched alkanes of at least 4 members (excludes halogenated alkanes) is 1. The number of amides is 12. The van der Waals surface area contributed by atoms with E-state index in [1.807, 2.05) is 0 Å². The molecule has 6 rings (SSSR count). The van der Waals surface area contributed by atoms with Crippen LogP contribution in [0.25, 0.3) is 0 Å². The van der Waals surface area contributed by atoms with E-state index in [9.17, 15) is 63.3 Å². The van der Waals surface area contributed by atoms with Gasteiger partial charge in [0.05, 0.1) is 6.42 Å². The Kier molecular flexibility index (Phi) is 30.6. The molecule has 2 fully saturated rings. The van der Waals surface area contributed by atoms with Crippen molar-refractivity contribution in [2.45, 2.75) is 184 Å². The average Bonchev–Trinajstić information content (AvgIpc) is 1.66. The van der Waals surface area contributed by atoms with Gasteiger partial charge in [-0.2, -0.15) is 0 Å². The van der Waals surface area contributed by atoms with Crippen LogP contribution < -0.4 is 58.9 Å². The number of rotatable bonds is 24. The van der Waals surface area contributed by atoms with Crippen molar-refractivity contribution in [1.82, 2.24) is 58.1 Å². The summed E-state index contributed by atoms with van der Waals surface area (Å²) in [4.78, 5) is 188. The van der Waals surface area contributed by atoms with E-state index in [4.69, 9.17) is 5.73 Å². The third-order valence-corrected chi connectivity index (χ3v) is 16.6. The van der Waals surface area contributed by atoms with Crippen LogP contribution in [-0.2, 0) is 88.0 Å². The Morgan fingerprint density at radius 3 is 1.35 bits per heavy atom. The van der Waals surface area contributed by atoms with Crippen LogP contribution in [0.2, 0.25) is 0 Å². The van der Waals surface area contributed by atoms with Gasteiger partial charge in [-0.1, -0.05) is 124 Å². The van der Waals surface area contributed by atoms with Gasteiger partial charge in [0.15, 0.2) is 0 Å². The van der Waals surface area contributed by atoms with Crippen LogP contribution in [0.4, 0.5) is 0 Å². The standard InChI is InChI=1S/C70H92N12O16/c1-4-33-72-59(86)41-55-68(96)75-49(29-31-58(71)85)62(90)77-53(39-46-25-27-47(84)28-26-46)65(93)73-48(23-14-15-35-83)61(89)74-50(30-32-60(87)88)63(91)76-51(36-42(2)3)64(92)81-56(40-45-21-12-7-13-22-45)70(98)82-34-16-24-57(82)69(97)80-54(38-44-19-10-6-11-20-44)67(95)78-52(66(94)79-55)37-43-17-8-5-9-18-43/h5-13,17-22,25-28,42,48-57,83-84H,4,14-16,23-24,29-41H2,1-3H3,(H2,71,85)(H,72,86)(H,73,93)(H,74,89)(H,75,96)(H,76,91)(H,77,90)(H,78,95)(H,79,94)(H,80,97)(H,81,92)(H,87,88)/t48-,49-,50-,51-,52+,53-,54-,55-,56+,57-/m0/s1. The number of nitrogens with one attached hydrogen (secondary N) is 10. The number of nitrogens with zero attached hydrogens (tertiary/aromatic N) is 1. The molecule has 10 atom stereocenters. The number of benzene rings is 4. The number of hydrogen-bond acceptors (Lipinski definition) is 15. The molecular formula is C70H92N12O16. The third kappa shape index (κ3) is 25.1. The van der Waals surface area contributed by atoms with Gasteiger partial charge in [-0.25, -0.2) is 0 Å². The zero-order valence-electron chi connectivity index (χ0n) is 55.4. The summed E-state index contributed by atoms with van der Waals surface area (Å²) in [6.45, 7) is 5.14. The summed E-state index contributed by atoms with van der Waals surface area (Å²) in [7, 11) is 0. The van der Waals surface area contributed by atoms with Crippen molar-refractivity contribution in [3.8, 4) is 5.75 Å². The molecule has 2 aliphatic heterocycles. The number of phenolic OH excluding ortho intramolecular Hbond substituents is 1. The number of carbonyl (C=O) groups excluding carboxylic acids is 12. The molecule has 4 aromatic carbocycles. The fraction of sp³-hybridized carbons (Fsp3) is 0.471. The van der Waals surface area contributed by atoms with Crippen LogP contribution in [0.15, 0.2) is 115 Å². The molecule has 98 heavy (non-hydrogen) atoms. The van der Waals surface area contributed by atoms with Gasteiger partial charge in [0.2, 0.25) is 70.9 Å². The van der Waals surface area contributed by atoms with Crippen molar-refractivity contribution in [3.63, 3.8) is 0 Å². The maximum Gasteiger partial charge on any atom is 0.303 e. The fourth-order valence-corrected chi connectivity index (χ4v) is 11.4. The van der Waals surface area contributed by atoms with Gasteiger partial charge in [-0.3, -0.25) is 62.3 Å². The largest absolute Gasteiger partial charge is 0.508 e. The number of primary amides is 1. The van der Waals surface area contributed by atoms with Gasteiger partial charge in [0.1, 0.15) is 66.2 Å². The summed E-state index contributed by atoms with van der Waals surface area (Å²) in [5.74, 6) is -13.0. The highest BCUT2D eigenvalue weighted by Gasteiger charge is 2.42. The van der Waals surface area contributed by atoms with E-state index in [0.29, 0.717) is 35.1 Å². The summed E-state index contributed by atoms with van der Waals surface area (Å²) in [5.41, 5.74) is 7.62. The van der Waals surface area contributed by atoms with Crippen LogP contribution in [0.1, 0.15) is 120 Å². The lowest BCUT2D eigenvalue weighted by molar-refractivity contribution is -0.142. The molecule has 2 aliphatic rings. The maximum atomic E-state index is 15.2. The Labute approximate surface area is 568 Å². The Morgan fingerprint density at radius 2 is 0.888 bits per heavy atom. The Bertz CT molecular complexity index is 3380. The molecule has 528 valence electrons. The number of phenols is 1. The van der Waals surface area contributed by atoms with Gasteiger partial charge in [0, 0.05) is 58.2 Å². The lowest BCUT2D eigenvalue weighted by atomic mass is 9.99. The minimum atomic E-state index is -1.82. The van der Waals surface area contributed by atoms with Gasteiger partial charge in [-0.15, -0.1) is 0 Å². The third-order valence-electron chi connectivity index (χ3n) is 16.6. The average molecular weight is 1360 g/mol. The molecule has 2 saturated heterocycles. The molecule has 0 aromatic heterocycles. The van der Waals surface area contributed by atoms with Crippen molar-refractivity contribution in [2.24, 2.45) is 11.7 Å². The fourth-order valence-electron chi connectivity index (χ4n) is 11.4. The minimum absolute atomic E-state index is 0.0341. The highest BCUT2D eigenvalue weighted by molar-refractivity contribution is 6.01. The number of fused-ring (bicyclic) bond motifs is 1. The molecule has 0 bridgehead atoms. The number of aliphatic hydroxyl groups is 1. The van der Waals surface area contributed by atoms with Crippen molar-refractivity contribution in [2.75, 3.05) is 19.7 Å². The molecule has 15 N–H and O–H groups in total. The van der Waals surface area contributed by atoms with Crippen molar-refractivity contribution < 1.29 is 77.6 Å². The second kappa shape index (κ2) is 39.1. The van der Waals surface area contributed by atoms with Gasteiger partial charge in [-0.05, 0) is 98.1 Å². The first-order valence-corrected chi connectivity index (χ1v) is 33.2. The molecule has 0 spiro atoms. The quantitative estimate of drug-likeness (QED) is 0.0419. The van der Waals surface area contributed by atoms with E-state index in [0.717, 1.165) is 0 Å². The van der Waals surface area contributed by atoms with Crippen molar-refractivity contribution in [3.05, 3.63) is 138 Å². The lowest BCUT2D eigenvalue weighted by Gasteiger charge is -2.31. The summed E-state index contributed by atoms with van der Waals surface area (Å²) >= 11 is 0. The first kappa shape index (κ1) is 76.8. The summed E-state index contributed by atoms with van der Waals surface area (Å²) < 4.78 is 0. The number of carboxylic acid groups (broad SMARTS) is 1. The number of aliphatic hydroxyl groups excluding tert-OH is 1. The number of carboxylic acids is 1. The van der Waals surface area contributed by atoms with E-state index in [1.54, 1.807) is 112 Å². The first-order valence-electron chi connectivity index (χ1n) is 33.2. The summed E-state index contributed by atoms with van der Waals surface area (Å²) in [5, 5.41) is 56.4. The molecule has 0 unspecified atom stereocenters. The Balaban J connectivity index is 1.50. The SMILES string of the molecule is CCCNC(=O)C[C@@H]1NC(=O)[C@@H](Cc2ccccc2)NC(=O)[C@H](Cc2ccccc2)NC(=O)[C@@H]2CCCN2C(=O)[C@@H](Cc2ccccc2)NC(=O)[C@H](CC(C)C)NC(=O)[C@H](CCC(=O)O)NC(=O)[C@H](CCCCO)NC(=O)[C@H](Cc2ccc(O)cc2)NC(=O)[C@H](CCC(N)=O)NC1=O. The molecule has 28 heteroatoms. The molecule has 0 saturated carbocycles. The molecule has 28 nitrogen and oxygen atoms in total. The highest BCUT2D eigenvalue weighted by atomic mass is 16.4. The van der Waals surface area contributed by atoms with E-state index in [2.05, 4.69) is 53.2 Å². The number of aliphatic carboxylic acids is 1. The van der Waals surface area contributed by atoms with E-state index < -0.39 is 169 Å². The summed E-state index contributed by atoms with van der Waals surface area (Å²) in [6, 6.07) is 15.6. The number of nitrogens with two attached hydrogens (primary N) is 1. The first-order chi connectivity index (χ1) is 46.9. The van der Waals surface area contributed by atoms with Crippen LogP contribution in [-0.4, -0.2) is 177 Å². The van der Waals surface area contributed by atoms with Gasteiger partial charge < -0.3 is 79.1 Å². The van der Waals surface area contributed by atoms with Crippen molar-refractivity contribution in [1.29, 1.82) is 0 Å². The van der Waals surface area contributed by atoms with Gasteiger partial charge in [0.25, 0.3) is 0 Å². The molecule has 2 heterocycles. The molecule has 0 radical (unpaired) electrons. The smallest absolute Gasteiger partial charge is 0.303 e. The zero-order valence-corrected chi connectivity index (χ0v) is 55.4. The van der Waals surface area contributed by atoms with Gasteiger partial charge >= 0.3 is 5.97 Å². The highest BCUT2D eigenvalue weighted by Crippen LogP contribution is 2.22. The van der Waals surface area contributed by atoms with Crippen LogP contribution in [0, 0.1) is 5.92 Å². The molecule has 0 aliphatic carbocycles. The topological polar surface area (TPSA) is 432 Å². The zero-order chi connectivity index (χ0) is 71.3. The lowest BCUT2D eigenvalue weighted by Crippen LogP contribution is -2.62. The van der Waals surface area contributed by atoms with E-state index in [-0.39, 0.29) is 89.2 Å². The van der Waals surface area contributed by atoms with E-state index in [1.165, 1.54) is 29.2 Å². The van der Waals surface area contributed by atoms with Crippen LogP contribution in [0.5, 0.6) is 5.75 Å². The van der Waals surface area contributed by atoms with E-state index >= 15 is 14.4 Å². The Hall–Kier alpha value is -10.2. The normalized spacial score (nSPS) is 23.1. The predicted octanol–water partition coefficient (Wildman–Crippen LogP) is 0.286. The maximum absolute atomic E-state index is 15.2. The van der Waals surface area contributed by atoms with Crippen LogP contribution in [0.3, 0.4) is 0 Å². The number of carbonyl (C=O) groups is 13. The Morgan fingerprint density at radius 1 is 0.500 bits per heavy atom. The molecular weight excluding hydrogens is 1260 g/mol. The number of hydrogen-bond donors (Lipinski definition) is 14. The molecule has 4 aromatic rings. The number of aromatic hydroxyl groups is 1. The summed E-state index contributed by atoms with van der Waals surface area (Å²) in [6.07, 6.45) is -3.01. The second-order valence-electron chi connectivity index (χ2n) is 25.0. The second-order valence-corrected chi connectivity index (χ2v) is 25.0. The predicted molar refractivity (Wildman–Crippen MR) is 358 cm³/mol. The van der Waals surface area contributed by atoms with Crippen molar-refractivity contribution >= 4 is 76.9 Å². The van der Waals surface area contributed by atoms with Crippen LogP contribution >= 0.6 is 0 Å². The minimum Gasteiger partial charge on any atom is -0.508 e. The molecule has 12 amide bonds.